The number of benzene rings is 1. The summed E-state index contributed by atoms with van der Waals surface area (Å²) in [6, 6.07) is 9.05. The van der Waals surface area contributed by atoms with Crippen molar-refractivity contribution in [3.63, 3.8) is 0 Å². The van der Waals surface area contributed by atoms with Crippen molar-refractivity contribution < 1.29 is 4.39 Å². The first-order valence-electron chi connectivity index (χ1n) is 6.54. The van der Waals surface area contributed by atoms with Crippen molar-refractivity contribution in [2.45, 2.75) is 26.8 Å². The van der Waals surface area contributed by atoms with Crippen LogP contribution in [-0.2, 0) is 0 Å². The first kappa shape index (κ1) is 13.7. The summed E-state index contributed by atoms with van der Waals surface area (Å²) < 4.78 is 13.9. The van der Waals surface area contributed by atoms with E-state index in [1.807, 2.05) is 13.0 Å². The average molecular weight is 258 g/mol. The molecule has 0 saturated carbocycles. The number of hydrogen-bond donors (Lipinski definition) is 1. The van der Waals surface area contributed by atoms with Gasteiger partial charge in [0, 0.05) is 6.20 Å². The SMILES string of the molecule is CCNC(c1ccc(C)c(C)c1)c1ncccc1F. The predicted octanol–water partition coefficient (Wildman–Crippen LogP) is 3.54. The number of aromatic nitrogens is 1. The maximum Gasteiger partial charge on any atom is 0.146 e. The van der Waals surface area contributed by atoms with Crippen molar-refractivity contribution in [1.82, 2.24) is 10.3 Å². The molecule has 2 rings (SSSR count). The Morgan fingerprint density at radius 2 is 2.00 bits per heavy atom. The van der Waals surface area contributed by atoms with Crippen LogP contribution in [0.5, 0.6) is 0 Å². The molecule has 100 valence electrons. The zero-order chi connectivity index (χ0) is 13.8. The zero-order valence-electron chi connectivity index (χ0n) is 11.6. The first-order chi connectivity index (χ1) is 9.13. The van der Waals surface area contributed by atoms with Crippen LogP contribution in [0.1, 0.15) is 35.3 Å². The molecule has 0 aliphatic heterocycles. The van der Waals surface area contributed by atoms with Gasteiger partial charge in [0.2, 0.25) is 0 Å². The van der Waals surface area contributed by atoms with Gasteiger partial charge in [-0.3, -0.25) is 4.98 Å². The summed E-state index contributed by atoms with van der Waals surface area (Å²) in [5.74, 6) is -0.272. The molecule has 0 aliphatic rings. The van der Waals surface area contributed by atoms with Crippen molar-refractivity contribution in [1.29, 1.82) is 0 Å². The number of aryl methyl sites for hydroxylation is 2. The smallest absolute Gasteiger partial charge is 0.146 e. The summed E-state index contributed by atoms with van der Waals surface area (Å²) in [5, 5.41) is 3.30. The lowest BCUT2D eigenvalue weighted by molar-refractivity contribution is 0.542. The van der Waals surface area contributed by atoms with Crippen LogP contribution in [0.25, 0.3) is 0 Å². The average Bonchev–Trinajstić information content (AvgIpc) is 2.40. The highest BCUT2D eigenvalue weighted by Gasteiger charge is 2.18. The molecule has 0 saturated heterocycles. The van der Waals surface area contributed by atoms with Gasteiger partial charge in [0.15, 0.2) is 0 Å². The van der Waals surface area contributed by atoms with E-state index >= 15 is 0 Å². The topological polar surface area (TPSA) is 24.9 Å². The second-order valence-corrected chi connectivity index (χ2v) is 4.70. The highest BCUT2D eigenvalue weighted by Crippen LogP contribution is 2.24. The Labute approximate surface area is 113 Å². The van der Waals surface area contributed by atoms with Gasteiger partial charge >= 0.3 is 0 Å². The summed E-state index contributed by atoms with van der Waals surface area (Å²) in [7, 11) is 0. The number of halogens is 1. The van der Waals surface area contributed by atoms with E-state index < -0.39 is 0 Å². The minimum Gasteiger partial charge on any atom is -0.305 e. The summed E-state index contributed by atoms with van der Waals surface area (Å²) in [6.45, 7) is 6.90. The molecule has 0 spiro atoms. The summed E-state index contributed by atoms with van der Waals surface area (Å²) in [5.41, 5.74) is 3.94. The minimum atomic E-state index is -0.272. The third kappa shape index (κ3) is 2.99. The number of nitrogens with zero attached hydrogens (tertiary/aromatic N) is 1. The normalized spacial score (nSPS) is 12.4. The summed E-state index contributed by atoms with van der Waals surface area (Å²) >= 11 is 0. The van der Waals surface area contributed by atoms with E-state index in [1.54, 1.807) is 12.3 Å². The number of nitrogens with one attached hydrogen (secondary N) is 1. The predicted molar refractivity (Wildman–Crippen MR) is 75.6 cm³/mol. The summed E-state index contributed by atoms with van der Waals surface area (Å²) in [6.07, 6.45) is 1.63. The molecule has 1 heterocycles. The van der Waals surface area contributed by atoms with E-state index in [-0.39, 0.29) is 11.9 Å². The van der Waals surface area contributed by atoms with Crippen LogP contribution in [-0.4, -0.2) is 11.5 Å². The molecule has 0 radical (unpaired) electrons. The van der Waals surface area contributed by atoms with E-state index in [0.717, 1.165) is 12.1 Å². The van der Waals surface area contributed by atoms with E-state index in [4.69, 9.17) is 0 Å². The van der Waals surface area contributed by atoms with E-state index in [9.17, 15) is 4.39 Å². The Bertz CT molecular complexity index is 566. The quantitative estimate of drug-likeness (QED) is 0.907. The standard InChI is InChI=1S/C16H19FN2/c1-4-18-15(16-14(17)6-5-9-19-16)13-8-7-11(2)12(3)10-13/h5-10,15,18H,4H2,1-3H3. The number of pyridine rings is 1. The molecule has 3 heteroatoms. The Morgan fingerprint density at radius 3 is 2.63 bits per heavy atom. The monoisotopic (exact) mass is 258 g/mol. The van der Waals surface area contributed by atoms with Crippen LogP contribution in [0.3, 0.4) is 0 Å². The molecule has 0 aliphatic carbocycles. The van der Waals surface area contributed by atoms with Gasteiger partial charge in [-0.05, 0) is 49.2 Å². The molecule has 0 bridgehead atoms. The number of hydrogen-bond acceptors (Lipinski definition) is 2. The molecular formula is C16H19FN2. The minimum absolute atomic E-state index is 0.203. The second-order valence-electron chi connectivity index (χ2n) is 4.70. The molecule has 1 unspecified atom stereocenters. The lowest BCUT2D eigenvalue weighted by atomic mass is 9.98. The van der Waals surface area contributed by atoms with Crippen molar-refractivity contribution in [3.05, 3.63) is 64.7 Å². The molecule has 2 nitrogen and oxygen atoms in total. The molecule has 1 aromatic carbocycles. The summed E-state index contributed by atoms with van der Waals surface area (Å²) in [4.78, 5) is 4.19. The van der Waals surface area contributed by atoms with Crippen LogP contribution in [0.15, 0.2) is 36.5 Å². The second kappa shape index (κ2) is 5.93. The van der Waals surface area contributed by atoms with E-state index in [1.165, 1.54) is 17.2 Å². The van der Waals surface area contributed by atoms with Crippen molar-refractivity contribution in [2.75, 3.05) is 6.54 Å². The largest absolute Gasteiger partial charge is 0.305 e. The van der Waals surface area contributed by atoms with Crippen LogP contribution >= 0.6 is 0 Å². The molecule has 19 heavy (non-hydrogen) atoms. The number of rotatable bonds is 4. The maximum atomic E-state index is 13.9. The third-order valence-corrected chi connectivity index (χ3v) is 3.33. The van der Waals surface area contributed by atoms with Gasteiger partial charge in [-0.25, -0.2) is 4.39 Å². The fourth-order valence-corrected chi connectivity index (χ4v) is 2.13. The fraction of sp³-hybridized carbons (Fsp3) is 0.312. The highest BCUT2D eigenvalue weighted by atomic mass is 19.1. The Balaban J connectivity index is 2.45. The first-order valence-corrected chi connectivity index (χ1v) is 6.54. The Kier molecular flexibility index (Phi) is 4.27. The Hall–Kier alpha value is -1.74. The van der Waals surface area contributed by atoms with Gasteiger partial charge in [-0.2, -0.15) is 0 Å². The fourth-order valence-electron chi connectivity index (χ4n) is 2.13. The molecule has 0 amide bonds. The van der Waals surface area contributed by atoms with Gasteiger partial charge in [0.25, 0.3) is 0 Å². The van der Waals surface area contributed by atoms with Crippen LogP contribution in [0.4, 0.5) is 4.39 Å². The van der Waals surface area contributed by atoms with Crippen molar-refractivity contribution >= 4 is 0 Å². The van der Waals surface area contributed by atoms with E-state index in [2.05, 4.69) is 36.3 Å². The van der Waals surface area contributed by atoms with E-state index in [0.29, 0.717) is 5.69 Å². The van der Waals surface area contributed by atoms with Gasteiger partial charge in [-0.1, -0.05) is 25.1 Å². The molecule has 1 atom stereocenters. The lowest BCUT2D eigenvalue weighted by Crippen LogP contribution is -2.24. The molecule has 2 aromatic rings. The highest BCUT2D eigenvalue weighted by molar-refractivity contribution is 5.35. The third-order valence-electron chi connectivity index (χ3n) is 3.33. The van der Waals surface area contributed by atoms with Gasteiger partial charge < -0.3 is 5.32 Å². The molecule has 1 N–H and O–H groups in total. The van der Waals surface area contributed by atoms with Gasteiger partial charge in [-0.15, -0.1) is 0 Å². The zero-order valence-corrected chi connectivity index (χ0v) is 11.6. The van der Waals surface area contributed by atoms with Gasteiger partial charge in [0.1, 0.15) is 5.82 Å². The van der Waals surface area contributed by atoms with Crippen LogP contribution < -0.4 is 5.32 Å². The Morgan fingerprint density at radius 1 is 1.21 bits per heavy atom. The van der Waals surface area contributed by atoms with Crippen LogP contribution in [0.2, 0.25) is 0 Å². The van der Waals surface area contributed by atoms with Gasteiger partial charge in [0.05, 0.1) is 11.7 Å². The lowest BCUT2D eigenvalue weighted by Gasteiger charge is -2.19. The van der Waals surface area contributed by atoms with Crippen molar-refractivity contribution in [3.8, 4) is 0 Å². The van der Waals surface area contributed by atoms with Crippen LogP contribution in [0, 0.1) is 19.7 Å². The molecule has 1 aromatic heterocycles. The molecule has 0 fully saturated rings. The van der Waals surface area contributed by atoms with Crippen molar-refractivity contribution in [2.24, 2.45) is 0 Å². The maximum absolute atomic E-state index is 13.9. The molecular weight excluding hydrogens is 239 g/mol.